The number of nitrogens with zero attached hydrogens (tertiary/aromatic N) is 2. The van der Waals surface area contributed by atoms with Crippen LogP contribution < -0.4 is 5.32 Å². The van der Waals surface area contributed by atoms with E-state index in [9.17, 15) is 14.7 Å². The van der Waals surface area contributed by atoms with E-state index >= 15 is 0 Å². The number of fused-ring (bicyclic) bond motifs is 1. The third-order valence-corrected chi connectivity index (χ3v) is 5.68. The lowest BCUT2D eigenvalue weighted by Crippen LogP contribution is -2.67. The number of carbonyl (C=O) groups excluding carboxylic acids is 2. The predicted octanol–water partition coefficient (Wildman–Crippen LogP) is 0.662. The summed E-state index contributed by atoms with van der Waals surface area (Å²) in [4.78, 5) is 27.5. The molecule has 0 aromatic heterocycles. The molecule has 3 aliphatic heterocycles. The Hall–Kier alpha value is -1.64. The standard InChI is InChI=1S/C17H20BrN3O4/c18-12-3-1-11(2-4-12)17(24)9-21(10-17)16(23)20-6-5-14-13(7-20)19-15(22)8-25-14/h1-4,13-14,24H,5-10H2,(H,19,22)/t13-,14?/m1/s1. The van der Waals surface area contributed by atoms with Crippen LogP contribution in [0.15, 0.2) is 28.7 Å². The zero-order valence-electron chi connectivity index (χ0n) is 13.7. The van der Waals surface area contributed by atoms with E-state index in [1.54, 1.807) is 9.80 Å². The lowest BCUT2D eigenvalue weighted by Gasteiger charge is -2.50. The van der Waals surface area contributed by atoms with Crippen LogP contribution in [0, 0.1) is 0 Å². The fourth-order valence-corrected chi connectivity index (χ4v) is 4.00. The highest BCUT2D eigenvalue weighted by atomic mass is 79.9. The molecule has 1 aromatic rings. The number of aliphatic hydroxyl groups is 1. The first-order chi connectivity index (χ1) is 11.9. The van der Waals surface area contributed by atoms with Gasteiger partial charge in [0.05, 0.1) is 25.2 Å². The van der Waals surface area contributed by atoms with E-state index in [1.807, 2.05) is 24.3 Å². The lowest BCUT2D eigenvalue weighted by atomic mass is 9.86. The summed E-state index contributed by atoms with van der Waals surface area (Å²) in [5, 5.41) is 13.6. The zero-order valence-corrected chi connectivity index (χ0v) is 15.2. The molecule has 4 rings (SSSR count). The summed E-state index contributed by atoms with van der Waals surface area (Å²) >= 11 is 3.38. The van der Waals surface area contributed by atoms with Gasteiger partial charge in [-0.15, -0.1) is 0 Å². The van der Waals surface area contributed by atoms with E-state index in [1.165, 1.54) is 0 Å². The Morgan fingerprint density at radius 1 is 1.28 bits per heavy atom. The van der Waals surface area contributed by atoms with Crippen molar-refractivity contribution in [1.82, 2.24) is 15.1 Å². The number of nitrogens with one attached hydrogen (secondary N) is 1. The van der Waals surface area contributed by atoms with Crippen LogP contribution in [-0.4, -0.2) is 71.8 Å². The largest absolute Gasteiger partial charge is 0.381 e. The summed E-state index contributed by atoms with van der Waals surface area (Å²) in [6.07, 6.45) is 0.694. The van der Waals surface area contributed by atoms with Crippen molar-refractivity contribution in [3.63, 3.8) is 0 Å². The fourth-order valence-electron chi connectivity index (χ4n) is 3.74. The van der Waals surface area contributed by atoms with E-state index in [-0.39, 0.29) is 43.8 Å². The van der Waals surface area contributed by atoms with Crippen molar-refractivity contribution < 1.29 is 19.4 Å². The number of hydrogen-bond donors (Lipinski definition) is 2. The Labute approximate surface area is 154 Å². The quantitative estimate of drug-likeness (QED) is 0.713. The second kappa shape index (κ2) is 6.26. The number of urea groups is 1. The minimum absolute atomic E-state index is 0.0159. The molecule has 134 valence electrons. The lowest BCUT2D eigenvalue weighted by molar-refractivity contribution is -0.140. The number of likely N-dealkylation sites (tertiary alicyclic amines) is 2. The van der Waals surface area contributed by atoms with Crippen LogP contribution >= 0.6 is 15.9 Å². The first-order valence-corrected chi connectivity index (χ1v) is 9.17. The Balaban J connectivity index is 1.37. The molecule has 1 unspecified atom stereocenters. The van der Waals surface area contributed by atoms with Crippen LogP contribution in [0.5, 0.6) is 0 Å². The first kappa shape index (κ1) is 16.8. The van der Waals surface area contributed by atoms with Crippen LogP contribution in [0.1, 0.15) is 12.0 Å². The van der Waals surface area contributed by atoms with Gasteiger partial charge in [-0.05, 0) is 24.1 Å². The van der Waals surface area contributed by atoms with Crippen LogP contribution in [0.2, 0.25) is 0 Å². The van der Waals surface area contributed by atoms with Crippen molar-refractivity contribution in [2.24, 2.45) is 0 Å². The Morgan fingerprint density at radius 2 is 2.00 bits per heavy atom. The van der Waals surface area contributed by atoms with Gasteiger partial charge in [0.15, 0.2) is 0 Å². The third kappa shape index (κ3) is 3.14. The molecule has 2 N–H and O–H groups in total. The zero-order chi connectivity index (χ0) is 17.6. The average Bonchev–Trinajstić information content (AvgIpc) is 2.58. The summed E-state index contributed by atoms with van der Waals surface area (Å²) < 4.78 is 6.47. The maximum absolute atomic E-state index is 12.7. The minimum atomic E-state index is -0.989. The summed E-state index contributed by atoms with van der Waals surface area (Å²) in [7, 11) is 0. The molecule has 2 atom stereocenters. The van der Waals surface area contributed by atoms with Crippen molar-refractivity contribution in [2.45, 2.75) is 24.2 Å². The molecule has 25 heavy (non-hydrogen) atoms. The van der Waals surface area contributed by atoms with Crippen molar-refractivity contribution in [2.75, 3.05) is 32.8 Å². The van der Waals surface area contributed by atoms with Crippen LogP contribution in [0.25, 0.3) is 0 Å². The Bertz CT molecular complexity index is 690. The van der Waals surface area contributed by atoms with Gasteiger partial charge in [0.25, 0.3) is 0 Å². The molecular weight excluding hydrogens is 390 g/mol. The maximum Gasteiger partial charge on any atom is 0.320 e. The second-order valence-electron chi connectivity index (χ2n) is 6.94. The smallest absolute Gasteiger partial charge is 0.320 e. The fraction of sp³-hybridized carbons (Fsp3) is 0.529. The SMILES string of the molecule is O=C1COC2CCN(C(=O)N3CC(O)(c4ccc(Br)cc4)C3)C[C@H]2N1. The van der Waals surface area contributed by atoms with Gasteiger partial charge in [0.1, 0.15) is 12.2 Å². The second-order valence-corrected chi connectivity index (χ2v) is 7.85. The average molecular weight is 410 g/mol. The molecule has 7 nitrogen and oxygen atoms in total. The first-order valence-electron chi connectivity index (χ1n) is 8.38. The van der Waals surface area contributed by atoms with Crippen LogP contribution in [0.3, 0.4) is 0 Å². The highest BCUT2D eigenvalue weighted by Gasteiger charge is 2.47. The van der Waals surface area contributed by atoms with E-state index in [0.717, 1.165) is 10.0 Å². The summed E-state index contributed by atoms with van der Waals surface area (Å²) in [6, 6.07) is 7.26. The van der Waals surface area contributed by atoms with Crippen LogP contribution in [0.4, 0.5) is 4.79 Å². The van der Waals surface area contributed by atoms with Crippen LogP contribution in [-0.2, 0) is 15.1 Å². The van der Waals surface area contributed by atoms with Crippen molar-refractivity contribution in [3.8, 4) is 0 Å². The third-order valence-electron chi connectivity index (χ3n) is 5.15. The Kier molecular flexibility index (Phi) is 4.21. The van der Waals surface area contributed by atoms with E-state index in [2.05, 4.69) is 21.2 Å². The number of β-amino-alcohol motifs (C(OH)–C–C–N with tert-alkyl or cyclic N) is 1. The number of benzene rings is 1. The number of piperidine rings is 1. The number of morpholine rings is 1. The summed E-state index contributed by atoms with van der Waals surface area (Å²) in [5.74, 6) is -0.135. The molecule has 1 aromatic carbocycles. The molecule has 3 saturated heterocycles. The van der Waals surface area contributed by atoms with Gasteiger partial charge in [-0.1, -0.05) is 28.1 Å². The van der Waals surface area contributed by atoms with E-state index < -0.39 is 5.60 Å². The van der Waals surface area contributed by atoms with E-state index in [4.69, 9.17) is 4.74 Å². The van der Waals surface area contributed by atoms with Gasteiger partial charge in [-0.25, -0.2) is 4.79 Å². The molecule has 0 spiro atoms. The molecule has 0 saturated carbocycles. The molecule has 3 fully saturated rings. The molecule has 3 amide bonds. The van der Waals surface area contributed by atoms with Crippen molar-refractivity contribution in [3.05, 3.63) is 34.3 Å². The monoisotopic (exact) mass is 409 g/mol. The van der Waals surface area contributed by atoms with Gasteiger partial charge >= 0.3 is 6.03 Å². The molecule has 0 radical (unpaired) electrons. The molecular formula is C17H20BrN3O4. The van der Waals surface area contributed by atoms with Crippen molar-refractivity contribution in [1.29, 1.82) is 0 Å². The number of amides is 3. The highest BCUT2D eigenvalue weighted by molar-refractivity contribution is 9.10. The number of hydrogen-bond acceptors (Lipinski definition) is 4. The number of halogens is 1. The Morgan fingerprint density at radius 3 is 2.72 bits per heavy atom. The van der Waals surface area contributed by atoms with Crippen molar-refractivity contribution >= 4 is 27.9 Å². The highest BCUT2D eigenvalue weighted by Crippen LogP contribution is 2.33. The molecule has 0 aliphatic carbocycles. The molecule has 3 aliphatic rings. The van der Waals surface area contributed by atoms with Gasteiger partial charge in [0, 0.05) is 17.6 Å². The predicted molar refractivity (Wildman–Crippen MR) is 92.9 cm³/mol. The summed E-state index contributed by atoms with van der Waals surface area (Å²) in [5.41, 5.74) is -0.178. The maximum atomic E-state index is 12.7. The number of carbonyl (C=O) groups is 2. The number of rotatable bonds is 1. The molecule has 0 bridgehead atoms. The topological polar surface area (TPSA) is 82.1 Å². The number of ether oxygens (including phenoxy) is 1. The van der Waals surface area contributed by atoms with Gasteiger partial charge < -0.3 is 25.0 Å². The molecule has 8 heteroatoms. The van der Waals surface area contributed by atoms with Gasteiger partial charge in [-0.3, -0.25) is 4.79 Å². The molecule has 3 heterocycles. The van der Waals surface area contributed by atoms with Gasteiger partial charge in [-0.2, -0.15) is 0 Å². The minimum Gasteiger partial charge on any atom is -0.381 e. The van der Waals surface area contributed by atoms with E-state index in [0.29, 0.717) is 19.5 Å². The van der Waals surface area contributed by atoms with Gasteiger partial charge in [0.2, 0.25) is 5.91 Å². The summed E-state index contributed by atoms with van der Waals surface area (Å²) in [6.45, 7) is 1.70. The normalized spacial score (nSPS) is 28.0.